The van der Waals surface area contributed by atoms with Crippen molar-refractivity contribution in [1.82, 2.24) is 10.2 Å². The molecule has 2 aromatic rings. The molecule has 2 aliphatic rings. The Morgan fingerprint density at radius 3 is 2.24 bits per heavy atom. The number of nitrogens with zero attached hydrogens (tertiary/aromatic N) is 2. The highest BCUT2D eigenvalue weighted by Crippen LogP contribution is 2.30. The summed E-state index contributed by atoms with van der Waals surface area (Å²) in [7, 11) is 0. The summed E-state index contributed by atoms with van der Waals surface area (Å²) in [5.41, 5.74) is 2.63. The molecule has 2 N–H and O–H groups in total. The molecule has 0 unspecified atom stereocenters. The molecule has 2 fully saturated rings. The third kappa shape index (κ3) is 5.35. The fourth-order valence-corrected chi connectivity index (χ4v) is 3.59. The van der Waals surface area contributed by atoms with Crippen LogP contribution in [0.3, 0.4) is 0 Å². The topological polar surface area (TPSA) is 64.7 Å². The van der Waals surface area contributed by atoms with Crippen molar-refractivity contribution in [3.8, 4) is 0 Å². The Labute approximate surface area is 171 Å². The van der Waals surface area contributed by atoms with Crippen molar-refractivity contribution in [3.63, 3.8) is 0 Å². The predicted molar refractivity (Wildman–Crippen MR) is 115 cm³/mol. The monoisotopic (exact) mass is 392 g/mol. The van der Waals surface area contributed by atoms with Crippen LogP contribution in [0.4, 0.5) is 11.4 Å². The Kier molecular flexibility index (Phi) is 6.10. The summed E-state index contributed by atoms with van der Waals surface area (Å²) < 4.78 is 0. The van der Waals surface area contributed by atoms with Crippen LogP contribution in [0.1, 0.15) is 23.2 Å². The second kappa shape index (κ2) is 9.09. The predicted octanol–water partition coefficient (Wildman–Crippen LogP) is 2.59. The summed E-state index contributed by atoms with van der Waals surface area (Å²) in [6.07, 6.45) is 1.96. The number of anilines is 2. The lowest BCUT2D eigenvalue weighted by atomic mass is 10.2. The van der Waals surface area contributed by atoms with Gasteiger partial charge in [0.25, 0.3) is 5.91 Å². The Morgan fingerprint density at radius 1 is 0.897 bits per heavy atom. The van der Waals surface area contributed by atoms with E-state index < -0.39 is 0 Å². The molecule has 1 heterocycles. The average molecular weight is 393 g/mol. The molecule has 0 aromatic heterocycles. The molecule has 2 amide bonds. The van der Waals surface area contributed by atoms with Crippen LogP contribution >= 0.6 is 0 Å². The minimum atomic E-state index is -0.0759. The van der Waals surface area contributed by atoms with Crippen molar-refractivity contribution in [1.29, 1.82) is 0 Å². The number of amides is 2. The van der Waals surface area contributed by atoms with Gasteiger partial charge in [-0.15, -0.1) is 0 Å². The van der Waals surface area contributed by atoms with E-state index in [9.17, 15) is 9.59 Å². The van der Waals surface area contributed by atoms with Crippen LogP contribution in [0.15, 0.2) is 54.6 Å². The second-order valence-electron chi connectivity index (χ2n) is 7.76. The Morgan fingerprint density at radius 2 is 1.59 bits per heavy atom. The molecule has 1 saturated heterocycles. The van der Waals surface area contributed by atoms with Crippen LogP contribution in [0.25, 0.3) is 0 Å². The minimum absolute atomic E-state index is 0.0759. The molecule has 1 saturated carbocycles. The van der Waals surface area contributed by atoms with Crippen molar-refractivity contribution in [3.05, 3.63) is 60.2 Å². The highest BCUT2D eigenvalue weighted by atomic mass is 16.2. The lowest BCUT2D eigenvalue weighted by molar-refractivity contribution is -0.117. The first-order chi connectivity index (χ1) is 14.2. The third-order valence-electron chi connectivity index (χ3n) is 5.57. The van der Waals surface area contributed by atoms with Gasteiger partial charge >= 0.3 is 0 Å². The number of nitrogens with one attached hydrogen (secondary N) is 2. The van der Waals surface area contributed by atoms with E-state index >= 15 is 0 Å². The molecule has 2 aromatic carbocycles. The molecule has 29 heavy (non-hydrogen) atoms. The van der Waals surface area contributed by atoms with Gasteiger partial charge in [-0.05, 0) is 49.2 Å². The van der Waals surface area contributed by atoms with Gasteiger partial charge in [0, 0.05) is 62.1 Å². The van der Waals surface area contributed by atoms with Gasteiger partial charge in [0.05, 0.1) is 0 Å². The van der Waals surface area contributed by atoms with Gasteiger partial charge in [-0.25, -0.2) is 0 Å². The zero-order valence-corrected chi connectivity index (χ0v) is 16.6. The van der Waals surface area contributed by atoms with Gasteiger partial charge in [-0.1, -0.05) is 18.2 Å². The fourth-order valence-electron chi connectivity index (χ4n) is 3.59. The lowest BCUT2D eigenvalue weighted by Gasteiger charge is -2.36. The first kappa shape index (κ1) is 19.5. The smallest absolute Gasteiger partial charge is 0.251 e. The maximum Gasteiger partial charge on any atom is 0.251 e. The Hall–Kier alpha value is -2.86. The summed E-state index contributed by atoms with van der Waals surface area (Å²) in [5.74, 6) is 0.176. The summed E-state index contributed by atoms with van der Waals surface area (Å²) in [6.45, 7) is 5.49. The molecular weight excluding hydrogens is 364 g/mol. The molecule has 4 rings (SSSR count). The van der Waals surface area contributed by atoms with Crippen molar-refractivity contribution >= 4 is 23.2 Å². The maximum atomic E-state index is 12.3. The van der Waals surface area contributed by atoms with Crippen LogP contribution in [0.5, 0.6) is 0 Å². The zero-order valence-electron chi connectivity index (χ0n) is 16.6. The molecule has 0 spiro atoms. The quantitative estimate of drug-likeness (QED) is 0.760. The van der Waals surface area contributed by atoms with Crippen LogP contribution in [0, 0.1) is 5.92 Å². The van der Waals surface area contributed by atoms with Crippen molar-refractivity contribution < 1.29 is 9.59 Å². The van der Waals surface area contributed by atoms with Gasteiger partial charge < -0.3 is 15.5 Å². The standard InChI is InChI=1S/C23H28N4O2/c28-22(18-8-10-20(11-9-18)25-23(29)19-6-7-19)24-12-13-26-14-16-27(17-15-26)21-4-2-1-3-5-21/h1-5,8-11,19H,6-7,12-17H2,(H,24,28)(H,25,29). The number of rotatable bonds is 7. The van der Waals surface area contributed by atoms with E-state index in [2.05, 4.69) is 44.7 Å². The van der Waals surface area contributed by atoms with E-state index in [0.717, 1.165) is 51.3 Å². The van der Waals surface area contributed by atoms with E-state index in [0.29, 0.717) is 12.1 Å². The van der Waals surface area contributed by atoms with Crippen LogP contribution < -0.4 is 15.5 Å². The second-order valence-corrected chi connectivity index (χ2v) is 7.76. The molecule has 0 bridgehead atoms. The van der Waals surface area contributed by atoms with E-state index in [1.54, 1.807) is 24.3 Å². The SMILES string of the molecule is O=C(NCCN1CCN(c2ccccc2)CC1)c1ccc(NC(=O)C2CC2)cc1. The van der Waals surface area contributed by atoms with Gasteiger partial charge in [0.1, 0.15) is 0 Å². The Balaban J connectivity index is 1.17. The number of para-hydroxylation sites is 1. The molecule has 152 valence electrons. The van der Waals surface area contributed by atoms with E-state index in [4.69, 9.17) is 0 Å². The minimum Gasteiger partial charge on any atom is -0.369 e. The van der Waals surface area contributed by atoms with E-state index in [1.807, 2.05) is 6.07 Å². The van der Waals surface area contributed by atoms with Crippen LogP contribution in [-0.2, 0) is 4.79 Å². The van der Waals surface area contributed by atoms with Crippen molar-refractivity contribution in [2.24, 2.45) is 5.92 Å². The highest BCUT2D eigenvalue weighted by molar-refractivity contribution is 5.96. The number of carbonyl (C=O) groups excluding carboxylic acids is 2. The zero-order chi connectivity index (χ0) is 20.1. The summed E-state index contributed by atoms with van der Waals surface area (Å²) in [6, 6.07) is 17.6. The third-order valence-corrected chi connectivity index (χ3v) is 5.57. The summed E-state index contributed by atoms with van der Waals surface area (Å²) in [4.78, 5) is 28.9. The number of hydrogen-bond acceptors (Lipinski definition) is 4. The molecular formula is C23H28N4O2. The first-order valence-electron chi connectivity index (χ1n) is 10.4. The molecule has 0 atom stereocenters. The van der Waals surface area contributed by atoms with Crippen molar-refractivity contribution in [2.45, 2.75) is 12.8 Å². The summed E-state index contributed by atoms with van der Waals surface area (Å²) in [5, 5.41) is 5.89. The molecule has 1 aliphatic heterocycles. The summed E-state index contributed by atoms with van der Waals surface area (Å²) >= 11 is 0. The van der Waals surface area contributed by atoms with Crippen LogP contribution in [-0.4, -0.2) is 56.0 Å². The molecule has 6 nitrogen and oxygen atoms in total. The normalized spacial score (nSPS) is 17.0. The van der Waals surface area contributed by atoms with Gasteiger partial charge in [0.2, 0.25) is 5.91 Å². The van der Waals surface area contributed by atoms with Crippen molar-refractivity contribution in [2.75, 3.05) is 49.5 Å². The maximum absolute atomic E-state index is 12.3. The molecule has 6 heteroatoms. The van der Waals surface area contributed by atoms with Crippen LogP contribution in [0.2, 0.25) is 0 Å². The number of carbonyl (C=O) groups is 2. The number of piperazine rings is 1. The fraction of sp³-hybridized carbons (Fsp3) is 0.391. The number of hydrogen-bond donors (Lipinski definition) is 2. The number of benzene rings is 2. The van der Waals surface area contributed by atoms with Gasteiger partial charge in [-0.3, -0.25) is 14.5 Å². The van der Waals surface area contributed by atoms with Gasteiger partial charge in [-0.2, -0.15) is 0 Å². The lowest BCUT2D eigenvalue weighted by Crippen LogP contribution is -2.48. The van der Waals surface area contributed by atoms with E-state index in [1.165, 1.54) is 5.69 Å². The molecule has 1 aliphatic carbocycles. The van der Waals surface area contributed by atoms with E-state index in [-0.39, 0.29) is 17.7 Å². The average Bonchev–Trinajstić information content (AvgIpc) is 3.61. The highest BCUT2D eigenvalue weighted by Gasteiger charge is 2.29. The largest absolute Gasteiger partial charge is 0.369 e. The van der Waals surface area contributed by atoms with Gasteiger partial charge in [0.15, 0.2) is 0 Å². The first-order valence-corrected chi connectivity index (χ1v) is 10.4. The molecule has 0 radical (unpaired) electrons. The Bertz CT molecular complexity index is 826.